The molecule has 1 fully saturated rings. The van der Waals surface area contributed by atoms with E-state index in [9.17, 15) is 0 Å². The first-order valence-electron chi connectivity index (χ1n) is 6.42. The van der Waals surface area contributed by atoms with Crippen LogP contribution < -0.4 is 16.6 Å². The summed E-state index contributed by atoms with van der Waals surface area (Å²) < 4.78 is 0.866. The Morgan fingerprint density at radius 2 is 2.11 bits per heavy atom. The molecule has 0 spiro atoms. The Kier molecular flexibility index (Phi) is 4.77. The molecule has 0 amide bonds. The van der Waals surface area contributed by atoms with Crippen LogP contribution in [0.25, 0.3) is 0 Å². The van der Waals surface area contributed by atoms with Crippen LogP contribution >= 0.6 is 15.9 Å². The van der Waals surface area contributed by atoms with E-state index in [1.54, 1.807) is 6.20 Å². The SMILES string of the molecule is CC1CCC(CNc2nc(NN)ncc2Br)CC1. The van der Waals surface area contributed by atoms with Gasteiger partial charge in [0.25, 0.3) is 0 Å². The molecule has 0 aliphatic heterocycles. The molecule has 1 aromatic heterocycles. The van der Waals surface area contributed by atoms with E-state index < -0.39 is 0 Å². The second kappa shape index (κ2) is 6.33. The first-order chi connectivity index (χ1) is 8.69. The second-order valence-corrected chi connectivity index (χ2v) is 5.90. The van der Waals surface area contributed by atoms with Crippen LogP contribution in [-0.4, -0.2) is 16.5 Å². The van der Waals surface area contributed by atoms with Gasteiger partial charge in [-0.05, 0) is 40.6 Å². The van der Waals surface area contributed by atoms with Gasteiger partial charge >= 0.3 is 0 Å². The second-order valence-electron chi connectivity index (χ2n) is 5.04. The average Bonchev–Trinajstić information content (AvgIpc) is 2.40. The first-order valence-corrected chi connectivity index (χ1v) is 7.21. The Balaban J connectivity index is 1.89. The van der Waals surface area contributed by atoms with Crippen LogP contribution in [0.4, 0.5) is 11.8 Å². The summed E-state index contributed by atoms with van der Waals surface area (Å²) >= 11 is 3.44. The maximum atomic E-state index is 5.30. The number of nitrogens with one attached hydrogen (secondary N) is 2. The van der Waals surface area contributed by atoms with Crippen molar-refractivity contribution >= 4 is 27.7 Å². The molecule has 0 atom stereocenters. The lowest BCUT2D eigenvalue weighted by molar-refractivity contribution is 0.300. The van der Waals surface area contributed by atoms with Gasteiger partial charge in [-0.15, -0.1) is 0 Å². The molecule has 2 rings (SSSR count). The lowest BCUT2D eigenvalue weighted by atomic mass is 9.83. The Labute approximate surface area is 116 Å². The molecule has 5 nitrogen and oxygen atoms in total. The van der Waals surface area contributed by atoms with Crippen LogP contribution in [0.15, 0.2) is 10.7 Å². The minimum atomic E-state index is 0.429. The van der Waals surface area contributed by atoms with E-state index in [4.69, 9.17) is 5.84 Å². The van der Waals surface area contributed by atoms with Gasteiger partial charge in [-0.1, -0.05) is 19.8 Å². The number of aromatic nitrogens is 2. The number of nitrogen functional groups attached to an aromatic ring is 1. The zero-order valence-corrected chi connectivity index (χ0v) is 12.2. The summed E-state index contributed by atoms with van der Waals surface area (Å²) in [6.07, 6.45) is 6.99. The summed E-state index contributed by atoms with van der Waals surface area (Å²) in [5, 5.41) is 3.38. The van der Waals surface area contributed by atoms with E-state index in [2.05, 4.69) is 43.6 Å². The molecule has 0 radical (unpaired) electrons. The van der Waals surface area contributed by atoms with Crippen molar-refractivity contribution in [3.8, 4) is 0 Å². The fourth-order valence-electron chi connectivity index (χ4n) is 2.33. The zero-order valence-electron chi connectivity index (χ0n) is 10.6. The Morgan fingerprint density at radius 1 is 1.39 bits per heavy atom. The van der Waals surface area contributed by atoms with Crippen LogP contribution in [0.2, 0.25) is 0 Å². The molecule has 0 unspecified atom stereocenters. The van der Waals surface area contributed by atoms with Gasteiger partial charge in [-0.2, -0.15) is 4.98 Å². The van der Waals surface area contributed by atoms with E-state index in [-0.39, 0.29) is 0 Å². The smallest absolute Gasteiger partial charge is 0.239 e. The highest BCUT2D eigenvalue weighted by atomic mass is 79.9. The molecule has 6 heteroatoms. The molecule has 1 aliphatic rings. The van der Waals surface area contributed by atoms with E-state index in [0.717, 1.165) is 28.7 Å². The Hall–Kier alpha value is -0.880. The fourth-order valence-corrected chi connectivity index (χ4v) is 2.67. The lowest BCUT2D eigenvalue weighted by Crippen LogP contribution is -2.21. The van der Waals surface area contributed by atoms with Crippen LogP contribution in [0.3, 0.4) is 0 Å². The summed E-state index contributed by atoms with van der Waals surface area (Å²) in [6, 6.07) is 0. The third kappa shape index (κ3) is 3.55. The largest absolute Gasteiger partial charge is 0.369 e. The number of anilines is 2. The third-order valence-electron chi connectivity index (χ3n) is 3.57. The molecule has 0 saturated heterocycles. The van der Waals surface area contributed by atoms with Crippen LogP contribution in [-0.2, 0) is 0 Å². The minimum absolute atomic E-state index is 0.429. The lowest BCUT2D eigenvalue weighted by Gasteiger charge is -2.26. The number of nitrogens with two attached hydrogens (primary N) is 1. The van der Waals surface area contributed by atoms with Gasteiger partial charge in [-0.25, -0.2) is 10.8 Å². The summed E-state index contributed by atoms with van der Waals surface area (Å²) in [5.74, 6) is 8.17. The summed E-state index contributed by atoms with van der Waals surface area (Å²) in [4.78, 5) is 8.31. The Morgan fingerprint density at radius 3 is 2.78 bits per heavy atom. The van der Waals surface area contributed by atoms with Crippen molar-refractivity contribution in [2.45, 2.75) is 32.6 Å². The van der Waals surface area contributed by atoms with Crippen molar-refractivity contribution in [2.24, 2.45) is 17.7 Å². The highest BCUT2D eigenvalue weighted by Crippen LogP contribution is 2.29. The van der Waals surface area contributed by atoms with Gasteiger partial charge in [0.2, 0.25) is 5.95 Å². The number of halogens is 1. The van der Waals surface area contributed by atoms with Gasteiger partial charge in [0.1, 0.15) is 5.82 Å². The molecule has 1 saturated carbocycles. The molecule has 1 heterocycles. The van der Waals surface area contributed by atoms with E-state index in [0.29, 0.717) is 5.95 Å². The highest BCUT2D eigenvalue weighted by Gasteiger charge is 2.18. The number of rotatable bonds is 4. The average molecular weight is 314 g/mol. The van der Waals surface area contributed by atoms with E-state index in [1.807, 2.05) is 0 Å². The predicted molar refractivity (Wildman–Crippen MR) is 77.2 cm³/mol. The van der Waals surface area contributed by atoms with Crippen LogP contribution in [0.1, 0.15) is 32.6 Å². The van der Waals surface area contributed by atoms with Crippen molar-refractivity contribution in [3.05, 3.63) is 10.7 Å². The maximum absolute atomic E-state index is 5.30. The number of hydrogen-bond donors (Lipinski definition) is 3. The van der Waals surface area contributed by atoms with Crippen molar-refractivity contribution < 1.29 is 0 Å². The monoisotopic (exact) mass is 313 g/mol. The highest BCUT2D eigenvalue weighted by molar-refractivity contribution is 9.10. The van der Waals surface area contributed by atoms with Gasteiger partial charge in [-0.3, -0.25) is 5.43 Å². The standard InChI is InChI=1S/C12H20BrN5/c1-8-2-4-9(5-3-8)6-15-11-10(13)7-16-12(17-11)18-14/h7-9H,2-6,14H2,1H3,(H2,15,16,17,18). The van der Waals surface area contributed by atoms with Crippen molar-refractivity contribution in [2.75, 3.05) is 17.3 Å². The molecule has 1 aliphatic carbocycles. The quantitative estimate of drug-likeness (QED) is 0.588. The van der Waals surface area contributed by atoms with Crippen LogP contribution in [0, 0.1) is 11.8 Å². The molecule has 100 valence electrons. The van der Waals surface area contributed by atoms with Crippen molar-refractivity contribution in [3.63, 3.8) is 0 Å². The van der Waals surface area contributed by atoms with Crippen molar-refractivity contribution in [1.29, 1.82) is 0 Å². The maximum Gasteiger partial charge on any atom is 0.239 e. The predicted octanol–water partition coefficient (Wildman–Crippen LogP) is 2.76. The fraction of sp³-hybridized carbons (Fsp3) is 0.667. The van der Waals surface area contributed by atoms with Crippen molar-refractivity contribution in [1.82, 2.24) is 9.97 Å². The molecule has 0 bridgehead atoms. The summed E-state index contributed by atoms with van der Waals surface area (Å²) in [6.45, 7) is 3.30. The summed E-state index contributed by atoms with van der Waals surface area (Å²) in [5.41, 5.74) is 2.46. The molecular formula is C12H20BrN5. The minimum Gasteiger partial charge on any atom is -0.369 e. The first kappa shape index (κ1) is 13.5. The molecule has 4 N–H and O–H groups in total. The number of nitrogens with zero attached hydrogens (tertiary/aromatic N) is 2. The Bertz CT molecular complexity index is 390. The molecule has 1 aromatic rings. The zero-order chi connectivity index (χ0) is 13.0. The number of hydrogen-bond acceptors (Lipinski definition) is 5. The van der Waals surface area contributed by atoms with Gasteiger partial charge in [0.05, 0.1) is 4.47 Å². The van der Waals surface area contributed by atoms with Gasteiger partial charge in [0.15, 0.2) is 0 Å². The third-order valence-corrected chi connectivity index (χ3v) is 4.15. The molecule has 18 heavy (non-hydrogen) atoms. The normalized spacial score (nSPS) is 23.7. The number of hydrazine groups is 1. The topological polar surface area (TPSA) is 75.9 Å². The molecule has 0 aromatic carbocycles. The van der Waals surface area contributed by atoms with Gasteiger partial charge in [0, 0.05) is 12.7 Å². The summed E-state index contributed by atoms with van der Waals surface area (Å²) in [7, 11) is 0. The van der Waals surface area contributed by atoms with Crippen LogP contribution in [0.5, 0.6) is 0 Å². The van der Waals surface area contributed by atoms with E-state index >= 15 is 0 Å². The molecular weight excluding hydrogens is 294 g/mol. The van der Waals surface area contributed by atoms with Gasteiger partial charge < -0.3 is 5.32 Å². The van der Waals surface area contributed by atoms with E-state index in [1.165, 1.54) is 25.7 Å².